The molecule has 4 heterocycles. The molecular formula is C20H28N4O3. The smallest absolute Gasteiger partial charge is 0.260 e. The van der Waals surface area contributed by atoms with E-state index in [1.165, 1.54) is 0 Å². The van der Waals surface area contributed by atoms with Crippen molar-refractivity contribution >= 4 is 11.8 Å². The molecule has 0 atom stereocenters. The Hall–Kier alpha value is -2.15. The molecule has 0 radical (unpaired) electrons. The lowest BCUT2D eigenvalue weighted by molar-refractivity contribution is -0.152. The number of pyridine rings is 1. The summed E-state index contributed by atoms with van der Waals surface area (Å²) in [5.41, 5.74) is -0.175. The van der Waals surface area contributed by atoms with E-state index in [1.54, 1.807) is 29.4 Å². The Bertz CT molecular complexity index is 663. The number of amides is 2. The van der Waals surface area contributed by atoms with Gasteiger partial charge in [0.25, 0.3) is 5.91 Å². The lowest BCUT2D eigenvalue weighted by Crippen LogP contribution is -2.59. The summed E-state index contributed by atoms with van der Waals surface area (Å²) in [6, 6.07) is 3.56. The monoisotopic (exact) mass is 372 g/mol. The third kappa shape index (κ3) is 3.93. The van der Waals surface area contributed by atoms with Crippen molar-refractivity contribution in [3.05, 3.63) is 24.5 Å². The first-order valence-corrected chi connectivity index (χ1v) is 9.99. The third-order valence-electron chi connectivity index (χ3n) is 6.16. The van der Waals surface area contributed by atoms with Crippen molar-refractivity contribution in [1.29, 1.82) is 0 Å². The van der Waals surface area contributed by atoms with Gasteiger partial charge in [-0.1, -0.05) is 0 Å². The summed E-state index contributed by atoms with van der Waals surface area (Å²) < 4.78 is 5.50. The summed E-state index contributed by atoms with van der Waals surface area (Å²) in [4.78, 5) is 35.8. The number of piperidine rings is 2. The molecule has 3 saturated heterocycles. The number of ether oxygens (including phenoxy) is 1. The minimum Gasteiger partial charge on any atom is -0.482 e. The maximum absolute atomic E-state index is 13.2. The van der Waals surface area contributed by atoms with Gasteiger partial charge in [0.05, 0.1) is 11.6 Å². The summed E-state index contributed by atoms with van der Waals surface area (Å²) in [6.45, 7) is 5.62. The van der Waals surface area contributed by atoms with E-state index in [9.17, 15) is 9.59 Å². The molecule has 1 aromatic heterocycles. The molecule has 3 aliphatic rings. The molecule has 0 saturated carbocycles. The van der Waals surface area contributed by atoms with Gasteiger partial charge in [0.1, 0.15) is 5.75 Å². The van der Waals surface area contributed by atoms with Crippen LogP contribution >= 0.6 is 0 Å². The first-order valence-electron chi connectivity index (χ1n) is 9.99. The summed E-state index contributed by atoms with van der Waals surface area (Å²) in [5.74, 6) is 0.870. The molecule has 0 spiro atoms. The number of fused-ring (bicyclic) bond motifs is 2. The van der Waals surface area contributed by atoms with Gasteiger partial charge in [0.2, 0.25) is 5.91 Å². The summed E-state index contributed by atoms with van der Waals surface area (Å²) in [6.07, 6.45) is 7.54. The highest BCUT2D eigenvalue weighted by Gasteiger charge is 2.46. The minimum absolute atomic E-state index is 0.0124. The molecular weight excluding hydrogens is 344 g/mol. The van der Waals surface area contributed by atoms with Crippen molar-refractivity contribution in [1.82, 2.24) is 19.7 Å². The van der Waals surface area contributed by atoms with Crippen LogP contribution in [0.5, 0.6) is 5.75 Å². The zero-order chi connectivity index (χ0) is 18.7. The molecule has 0 aliphatic carbocycles. The van der Waals surface area contributed by atoms with Crippen molar-refractivity contribution in [3.8, 4) is 5.75 Å². The van der Waals surface area contributed by atoms with Crippen LogP contribution in [0.4, 0.5) is 0 Å². The fraction of sp³-hybridized carbons (Fsp3) is 0.650. The Balaban J connectivity index is 1.28. The molecule has 4 rings (SSSR count). The molecule has 3 fully saturated rings. The fourth-order valence-corrected chi connectivity index (χ4v) is 4.71. The van der Waals surface area contributed by atoms with Gasteiger partial charge in [-0.15, -0.1) is 0 Å². The second-order valence-electron chi connectivity index (χ2n) is 7.91. The Kier molecular flexibility index (Phi) is 5.29. The van der Waals surface area contributed by atoms with Crippen molar-refractivity contribution in [2.45, 2.75) is 25.7 Å². The molecule has 146 valence electrons. The van der Waals surface area contributed by atoms with Gasteiger partial charge in [-0.2, -0.15) is 0 Å². The maximum Gasteiger partial charge on any atom is 0.260 e. The van der Waals surface area contributed by atoms with Gasteiger partial charge >= 0.3 is 0 Å². The number of piperazine rings is 1. The van der Waals surface area contributed by atoms with Gasteiger partial charge in [0, 0.05) is 38.9 Å². The predicted octanol–water partition coefficient (Wildman–Crippen LogP) is 1.01. The molecule has 3 aliphatic heterocycles. The quantitative estimate of drug-likeness (QED) is 0.789. The molecule has 1 aromatic rings. The van der Waals surface area contributed by atoms with Crippen LogP contribution < -0.4 is 4.74 Å². The van der Waals surface area contributed by atoms with Crippen LogP contribution in [0.1, 0.15) is 25.7 Å². The second kappa shape index (κ2) is 7.84. The Morgan fingerprint density at radius 1 is 1.04 bits per heavy atom. The molecule has 0 aromatic carbocycles. The normalized spacial score (nSPS) is 27.9. The Labute approximate surface area is 160 Å². The average Bonchev–Trinajstić information content (AvgIpc) is 2.72. The lowest BCUT2D eigenvalue weighted by Gasteiger charge is -2.48. The third-order valence-corrected chi connectivity index (χ3v) is 6.16. The van der Waals surface area contributed by atoms with Gasteiger partial charge < -0.3 is 19.4 Å². The molecule has 0 unspecified atom stereocenters. The van der Waals surface area contributed by atoms with Crippen LogP contribution in [0, 0.1) is 5.41 Å². The zero-order valence-electron chi connectivity index (χ0n) is 15.8. The first-order chi connectivity index (χ1) is 13.2. The number of carbonyl (C=O) groups excluding carboxylic acids is 2. The highest BCUT2D eigenvalue weighted by Crippen LogP contribution is 2.40. The van der Waals surface area contributed by atoms with Crippen molar-refractivity contribution in [2.75, 3.05) is 52.4 Å². The molecule has 7 heteroatoms. The van der Waals surface area contributed by atoms with Crippen LogP contribution in [0.2, 0.25) is 0 Å². The van der Waals surface area contributed by atoms with Crippen LogP contribution in [0.3, 0.4) is 0 Å². The highest BCUT2D eigenvalue weighted by atomic mass is 16.5. The summed E-state index contributed by atoms with van der Waals surface area (Å²) in [7, 11) is 0. The minimum atomic E-state index is -0.175. The predicted molar refractivity (Wildman–Crippen MR) is 100 cm³/mol. The largest absolute Gasteiger partial charge is 0.482 e. The van der Waals surface area contributed by atoms with E-state index in [2.05, 4.69) is 9.88 Å². The number of nitrogens with zero attached hydrogens (tertiary/aromatic N) is 4. The number of rotatable bonds is 4. The number of hydrogen-bond donors (Lipinski definition) is 0. The number of hydrogen-bond acceptors (Lipinski definition) is 5. The van der Waals surface area contributed by atoms with Gasteiger partial charge in [-0.05, 0) is 50.9 Å². The molecule has 27 heavy (non-hydrogen) atoms. The van der Waals surface area contributed by atoms with Crippen LogP contribution in [-0.2, 0) is 9.59 Å². The standard InChI is InChI=1S/C20H28N4O3/c25-18(15-27-17-4-1-7-21-14-17)23-10-12-24(13-11-23)19(26)20-5-2-8-22(16-20)9-3-6-20/h1,4,7,14H,2-3,5-6,8-13,15-16H2. The van der Waals surface area contributed by atoms with E-state index < -0.39 is 0 Å². The first kappa shape index (κ1) is 18.2. The van der Waals surface area contributed by atoms with Crippen LogP contribution in [0.15, 0.2) is 24.5 Å². The lowest BCUT2D eigenvalue weighted by atomic mass is 9.72. The van der Waals surface area contributed by atoms with E-state index >= 15 is 0 Å². The van der Waals surface area contributed by atoms with Crippen molar-refractivity contribution in [2.24, 2.45) is 5.41 Å². The van der Waals surface area contributed by atoms with Crippen molar-refractivity contribution < 1.29 is 14.3 Å². The van der Waals surface area contributed by atoms with Gasteiger partial charge in [0.15, 0.2) is 6.61 Å². The van der Waals surface area contributed by atoms with Crippen LogP contribution in [-0.4, -0.2) is 83.9 Å². The number of aromatic nitrogens is 1. The zero-order valence-corrected chi connectivity index (χ0v) is 15.8. The van der Waals surface area contributed by atoms with E-state index in [0.29, 0.717) is 37.8 Å². The fourth-order valence-electron chi connectivity index (χ4n) is 4.71. The average molecular weight is 372 g/mol. The van der Waals surface area contributed by atoms with Gasteiger partial charge in [-0.3, -0.25) is 14.6 Å². The number of carbonyl (C=O) groups is 2. The molecule has 0 N–H and O–H groups in total. The SMILES string of the molecule is O=C(COc1cccnc1)N1CCN(C(=O)C23CCCN(CCC2)C3)CC1. The maximum atomic E-state index is 13.2. The topological polar surface area (TPSA) is 66.0 Å². The van der Waals surface area contributed by atoms with Gasteiger partial charge in [-0.25, -0.2) is 0 Å². The van der Waals surface area contributed by atoms with E-state index in [4.69, 9.17) is 4.74 Å². The molecule has 2 amide bonds. The Morgan fingerprint density at radius 3 is 2.41 bits per heavy atom. The molecule has 2 bridgehead atoms. The highest BCUT2D eigenvalue weighted by molar-refractivity contribution is 5.84. The summed E-state index contributed by atoms with van der Waals surface area (Å²) in [5, 5.41) is 0. The Morgan fingerprint density at radius 2 is 1.74 bits per heavy atom. The second-order valence-corrected chi connectivity index (χ2v) is 7.91. The van der Waals surface area contributed by atoms with E-state index in [0.717, 1.165) is 45.3 Å². The van der Waals surface area contributed by atoms with E-state index in [-0.39, 0.29) is 17.9 Å². The van der Waals surface area contributed by atoms with Crippen molar-refractivity contribution in [3.63, 3.8) is 0 Å². The van der Waals surface area contributed by atoms with Crippen LogP contribution in [0.25, 0.3) is 0 Å². The summed E-state index contributed by atoms with van der Waals surface area (Å²) >= 11 is 0. The van der Waals surface area contributed by atoms with E-state index in [1.807, 2.05) is 4.90 Å². The molecule has 7 nitrogen and oxygen atoms in total.